The highest BCUT2D eigenvalue weighted by Gasteiger charge is 2.23. The first kappa shape index (κ1) is 26.5. The summed E-state index contributed by atoms with van der Waals surface area (Å²) >= 11 is 1.10. The molecule has 1 aliphatic rings. The SMILES string of the molecule is COc1ccc(-c2c(N)c(N)nc3sc(C(N)=O)c(N)c23)cc1-c1cccc(OCCN2CCN(C)CC2)c1. The first-order valence-corrected chi connectivity index (χ1v) is 13.5. The first-order chi connectivity index (χ1) is 18.8. The Morgan fingerprint density at radius 3 is 2.51 bits per heavy atom. The second-order valence-corrected chi connectivity index (χ2v) is 10.6. The zero-order valence-corrected chi connectivity index (χ0v) is 22.9. The molecule has 2 aromatic heterocycles. The fourth-order valence-electron chi connectivity index (χ4n) is 4.87. The van der Waals surface area contributed by atoms with E-state index in [2.05, 4.69) is 21.8 Å². The third-order valence-corrected chi connectivity index (χ3v) is 8.19. The Bertz CT molecular complexity index is 1530. The van der Waals surface area contributed by atoms with Crippen molar-refractivity contribution in [2.75, 3.05) is 70.7 Å². The standard InChI is InChI=1S/C28H33N7O3S/c1-34-8-10-35(11-9-34)12-13-38-18-5-3-4-16(14-18)19-15-17(6-7-20(19)37-2)21-22-23(29)25(27(32)36)39-28(22)33-26(31)24(21)30/h3-7,14-15H,8-13,29-30H2,1-2H3,(H2,31,33)(H2,32,36). The van der Waals surface area contributed by atoms with Crippen molar-refractivity contribution in [3.05, 3.63) is 47.3 Å². The van der Waals surface area contributed by atoms with E-state index in [1.807, 2.05) is 42.5 Å². The third kappa shape index (κ3) is 5.29. The highest BCUT2D eigenvalue weighted by Crippen LogP contribution is 2.45. The van der Waals surface area contributed by atoms with Gasteiger partial charge >= 0.3 is 0 Å². The number of thiophene rings is 1. The van der Waals surface area contributed by atoms with Crippen molar-refractivity contribution in [1.29, 1.82) is 0 Å². The molecule has 1 fully saturated rings. The summed E-state index contributed by atoms with van der Waals surface area (Å²) in [5.41, 5.74) is 28.1. The maximum Gasteiger partial charge on any atom is 0.260 e. The molecular formula is C28H33N7O3S. The van der Waals surface area contributed by atoms with E-state index >= 15 is 0 Å². The molecule has 3 heterocycles. The molecule has 1 aliphatic heterocycles. The number of ether oxygens (including phenoxy) is 2. The summed E-state index contributed by atoms with van der Waals surface area (Å²) in [5, 5.41) is 0.553. The van der Waals surface area contributed by atoms with Crippen LogP contribution in [0.1, 0.15) is 9.67 Å². The number of rotatable bonds is 8. The zero-order valence-electron chi connectivity index (χ0n) is 22.1. The number of piperazine rings is 1. The summed E-state index contributed by atoms with van der Waals surface area (Å²) in [4.78, 5) is 21.8. The van der Waals surface area contributed by atoms with Crippen molar-refractivity contribution >= 4 is 44.7 Å². The predicted octanol–water partition coefficient (Wildman–Crippen LogP) is 3.11. The van der Waals surface area contributed by atoms with Gasteiger partial charge in [0.25, 0.3) is 5.91 Å². The maximum atomic E-state index is 12.0. The Morgan fingerprint density at radius 1 is 1.03 bits per heavy atom. The number of carbonyl (C=O) groups is 1. The number of carbonyl (C=O) groups excluding carboxylic acids is 1. The number of fused-ring (bicyclic) bond motifs is 1. The highest BCUT2D eigenvalue weighted by molar-refractivity contribution is 7.21. The second kappa shape index (κ2) is 11.0. The van der Waals surface area contributed by atoms with Crippen molar-refractivity contribution in [3.63, 3.8) is 0 Å². The summed E-state index contributed by atoms with van der Waals surface area (Å²) in [7, 11) is 3.78. The van der Waals surface area contributed by atoms with E-state index in [4.69, 9.17) is 32.4 Å². The first-order valence-electron chi connectivity index (χ1n) is 12.7. The minimum atomic E-state index is -0.626. The van der Waals surface area contributed by atoms with Gasteiger partial charge in [0.1, 0.15) is 33.6 Å². The number of amides is 1. The molecule has 1 saturated heterocycles. The molecule has 204 valence electrons. The van der Waals surface area contributed by atoms with Gasteiger partial charge in [-0.25, -0.2) is 4.98 Å². The molecule has 1 amide bonds. The van der Waals surface area contributed by atoms with Gasteiger partial charge in [-0.2, -0.15) is 0 Å². The van der Waals surface area contributed by atoms with E-state index in [1.54, 1.807) is 7.11 Å². The number of hydrogen-bond acceptors (Lipinski definition) is 10. The van der Waals surface area contributed by atoms with Gasteiger partial charge in [0.2, 0.25) is 0 Å². The molecule has 11 heteroatoms. The number of primary amides is 1. The van der Waals surface area contributed by atoms with Gasteiger partial charge in [0.05, 0.1) is 18.5 Å². The molecule has 0 saturated carbocycles. The summed E-state index contributed by atoms with van der Waals surface area (Å²) < 4.78 is 11.8. The number of benzene rings is 2. The largest absolute Gasteiger partial charge is 0.496 e. The normalized spacial score (nSPS) is 14.5. The summed E-state index contributed by atoms with van der Waals surface area (Å²) in [6.07, 6.45) is 0. The molecule has 39 heavy (non-hydrogen) atoms. The van der Waals surface area contributed by atoms with Crippen LogP contribution in [0.25, 0.3) is 32.5 Å². The third-order valence-electron chi connectivity index (χ3n) is 7.07. The van der Waals surface area contributed by atoms with Crippen molar-refractivity contribution in [2.24, 2.45) is 5.73 Å². The van der Waals surface area contributed by atoms with Crippen LogP contribution >= 0.6 is 11.3 Å². The van der Waals surface area contributed by atoms with Crippen LogP contribution in [0.2, 0.25) is 0 Å². The molecule has 10 nitrogen and oxygen atoms in total. The number of hydrogen-bond donors (Lipinski definition) is 4. The number of methoxy groups -OCH3 is 1. The van der Waals surface area contributed by atoms with Gasteiger partial charge in [-0.3, -0.25) is 9.69 Å². The van der Waals surface area contributed by atoms with Gasteiger partial charge in [-0.15, -0.1) is 11.3 Å². The van der Waals surface area contributed by atoms with E-state index < -0.39 is 5.91 Å². The van der Waals surface area contributed by atoms with Crippen LogP contribution in [-0.4, -0.2) is 74.2 Å². The van der Waals surface area contributed by atoms with Gasteiger partial charge in [-0.05, 0) is 42.4 Å². The maximum absolute atomic E-state index is 12.0. The Hall–Kier alpha value is -4.06. The number of aromatic nitrogens is 1. The number of pyridine rings is 1. The average molecular weight is 548 g/mol. The summed E-state index contributed by atoms with van der Waals surface area (Å²) in [6, 6.07) is 13.6. The number of nitrogens with two attached hydrogens (primary N) is 4. The Labute approximate surface area is 231 Å². The number of likely N-dealkylation sites (N-methyl/N-ethyl adjacent to an activating group) is 1. The molecule has 0 atom stereocenters. The van der Waals surface area contributed by atoms with Gasteiger partial charge < -0.3 is 37.3 Å². The summed E-state index contributed by atoms with van der Waals surface area (Å²) in [5.74, 6) is 0.986. The second-order valence-electron chi connectivity index (χ2n) is 9.61. The van der Waals surface area contributed by atoms with Crippen LogP contribution in [-0.2, 0) is 0 Å². The van der Waals surface area contributed by atoms with Crippen molar-refractivity contribution in [3.8, 4) is 33.8 Å². The molecule has 0 spiro atoms. The van der Waals surface area contributed by atoms with E-state index in [9.17, 15) is 4.79 Å². The Morgan fingerprint density at radius 2 is 1.79 bits per heavy atom. The van der Waals surface area contributed by atoms with Crippen LogP contribution < -0.4 is 32.4 Å². The van der Waals surface area contributed by atoms with Crippen LogP contribution in [0.15, 0.2) is 42.5 Å². The van der Waals surface area contributed by atoms with Crippen molar-refractivity contribution in [1.82, 2.24) is 14.8 Å². The topological polar surface area (TPSA) is 159 Å². The van der Waals surface area contributed by atoms with Gasteiger partial charge in [-0.1, -0.05) is 18.2 Å². The quantitative estimate of drug-likeness (QED) is 0.260. The lowest BCUT2D eigenvalue weighted by Gasteiger charge is -2.32. The molecule has 2 aromatic carbocycles. The lowest BCUT2D eigenvalue weighted by molar-refractivity contribution is 0.100. The monoisotopic (exact) mass is 547 g/mol. The smallest absolute Gasteiger partial charge is 0.260 e. The Balaban J connectivity index is 1.49. The molecule has 4 aromatic rings. The fraction of sp³-hybridized carbons (Fsp3) is 0.286. The number of nitrogen functional groups attached to an aromatic ring is 3. The van der Waals surface area contributed by atoms with Crippen LogP contribution in [0.5, 0.6) is 11.5 Å². The molecule has 0 aliphatic carbocycles. The van der Waals surface area contributed by atoms with Crippen LogP contribution in [0.3, 0.4) is 0 Å². The minimum absolute atomic E-state index is 0.155. The lowest BCUT2D eigenvalue weighted by Crippen LogP contribution is -2.45. The molecule has 5 rings (SSSR count). The van der Waals surface area contributed by atoms with E-state index in [0.717, 1.165) is 66.5 Å². The summed E-state index contributed by atoms with van der Waals surface area (Å²) in [6.45, 7) is 5.74. The molecule has 8 N–H and O–H groups in total. The molecular weight excluding hydrogens is 514 g/mol. The Kier molecular flexibility index (Phi) is 7.47. The van der Waals surface area contributed by atoms with Gasteiger partial charge in [0, 0.05) is 49.2 Å². The highest BCUT2D eigenvalue weighted by atomic mass is 32.1. The lowest BCUT2D eigenvalue weighted by atomic mass is 9.95. The van der Waals surface area contributed by atoms with Gasteiger partial charge in [0.15, 0.2) is 0 Å². The number of nitrogens with zero attached hydrogens (tertiary/aromatic N) is 3. The number of anilines is 3. The van der Waals surface area contributed by atoms with Crippen molar-refractivity contribution in [2.45, 2.75) is 0 Å². The van der Waals surface area contributed by atoms with Crippen molar-refractivity contribution < 1.29 is 14.3 Å². The van der Waals surface area contributed by atoms with E-state index in [0.29, 0.717) is 28.1 Å². The van der Waals surface area contributed by atoms with E-state index in [-0.39, 0.29) is 22.1 Å². The fourth-order valence-corrected chi connectivity index (χ4v) is 5.84. The molecule has 0 unspecified atom stereocenters. The zero-order chi connectivity index (χ0) is 27.7. The average Bonchev–Trinajstić information content (AvgIpc) is 3.26. The predicted molar refractivity (Wildman–Crippen MR) is 158 cm³/mol. The molecule has 0 radical (unpaired) electrons. The van der Waals surface area contributed by atoms with Crippen LogP contribution in [0.4, 0.5) is 17.2 Å². The molecule has 0 bridgehead atoms. The minimum Gasteiger partial charge on any atom is -0.496 e. The van der Waals surface area contributed by atoms with E-state index in [1.165, 1.54) is 0 Å². The van der Waals surface area contributed by atoms with Crippen LogP contribution in [0, 0.1) is 0 Å².